The van der Waals surface area contributed by atoms with E-state index in [9.17, 15) is 9.59 Å². The third-order valence-corrected chi connectivity index (χ3v) is 14.2. The summed E-state index contributed by atoms with van der Waals surface area (Å²) in [4.78, 5) is 33.1. The molecule has 7 nitrogen and oxygen atoms in total. The number of hydrogen-bond donors (Lipinski definition) is 1. The molecule has 0 saturated heterocycles. The monoisotopic (exact) mass is 577 g/mol. The predicted molar refractivity (Wildman–Crippen MR) is 170 cm³/mol. The van der Waals surface area contributed by atoms with Crippen molar-refractivity contribution in [3.8, 4) is 5.75 Å². The highest BCUT2D eigenvalue weighted by molar-refractivity contribution is 6.78. The maximum absolute atomic E-state index is 14.2. The average Bonchev–Trinajstić information content (AvgIpc) is 3.35. The van der Waals surface area contributed by atoms with Gasteiger partial charge in [-0.05, 0) is 72.1 Å². The highest BCUT2D eigenvalue weighted by Gasteiger charge is 2.47. The van der Waals surface area contributed by atoms with Gasteiger partial charge in [-0.1, -0.05) is 67.2 Å². The lowest BCUT2D eigenvalue weighted by molar-refractivity contribution is 0.0783. The molecule has 2 aromatic rings. The number of rotatable bonds is 11. The van der Waals surface area contributed by atoms with E-state index in [0.29, 0.717) is 33.6 Å². The number of aromatic nitrogens is 1. The van der Waals surface area contributed by atoms with E-state index in [-0.39, 0.29) is 18.6 Å². The van der Waals surface area contributed by atoms with Crippen LogP contribution in [0, 0.1) is 13.8 Å². The number of nitrogens with one attached hydrogen (secondary N) is 1. The minimum atomic E-state index is -2.29. The first kappa shape index (κ1) is 32.1. The first-order valence-corrected chi connectivity index (χ1v) is 16.8. The van der Waals surface area contributed by atoms with E-state index in [1.165, 1.54) is 6.08 Å². The van der Waals surface area contributed by atoms with Crippen molar-refractivity contribution in [2.45, 2.75) is 97.8 Å². The first-order chi connectivity index (χ1) is 19.3. The van der Waals surface area contributed by atoms with Crippen LogP contribution in [0.25, 0.3) is 5.57 Å². The Morgan fingerprint density at radius 2 is 1.78 bits per heavy atom. The van der Waals surface area contributed by atoms with Crippen LogP contribution in [0.15, 0.2) is 49.3 Å². The van der Waals surface area contributed by atoms with E-state index in [2.05, 4.69) is 65.3 Å². The topological polar surface area (TPSA) is 80.8 Å². The normalized spacial score (nSPS) is 15.4. The molecule has 8 heteroatoms. The lowest BCUT2D eigenvalue weighted by Crippen LogP contribution is -2.50. The van der Waals surface area contributed by atoms with Gasteiger partial charge in [0.1, 0.15) is 12.4 Å². The van der Waals surface area contributed by atoms with Crippen molar-refractivity contribution in [1.82, 2.24) is 9.88 Å². The van der Waals surface area contributed by atoms with Crippen molar-refractivity contribution < 1.29 is 18.8 Å². The highest BCUT2D eigenvalue weighted by Crippen LogP contribution is 2.44. The Labute approximate surface area is 247 Å². The molecule has 1 aromatic carbocycles. The van der Waals surface area contributed by atoms with Crippen LogP contribution < -0.4 is 9.74 Å². The van der Waals surface area contributed by atoms with Crippen LogP contribution in [0.4, 0.5) is 10.5 Å². The molecule has 1 aliphatic heterocycles. The highest BCUT2D eigenvalue weighted by atomic mass is 28.4. The molecule has 222 valence electrons. The predicted octanol–water partition coefficient (Wildman–Crippen LogP) is 8.65. The number of nitrogens with zero attached hydrogens (tertiary/aromatic N) is 2. The molecule has 1 aliphatic rings. The fraction of sp³-hybridized carbons (Fsp3) is 0.485. The molecule has 1 aromatic heterocycles. The summed E-state index contributed by atoms with van der Waals surface area (Å²) in [7, 11) is -2.29. The van der Waals surface area contributed by atoms with Crippen LogP contribution in [-0.2, 0) is 4.74 Å². The van der Waals surface area contributed by atoms with Crippen LogP contribution in [0.2, 0.25) is 16.6 Å². The molecule has 2 amide bonds. The standard InChI is InChI=1S/C33H47N3O4Si/c1-11-15-39-33(38)35-30-18-31(40-41(21(3)4,22(5)6)23(7)8)24(9)16-29(30)32(37)36-20-27(17-28(36)12-2)26-14-13-25(10)34-19-26/h11,13-14,16,18-23,28H,1,12,15,17H2,2-10H3,(H,35,38)/t28-/m1/s1. The van der Waals surface area contributed by atoms with E-state index < -0.39 is 14.4 Å². The Morgan fingerprint density at radius 3 is 2.32 bits per heavy atom. The smallest absolute Gasteiger partial charge is 0.411 e. The summed E-state index contributed by atoms with van der Waals surface area (Å²) < 4.78 is 12.2. The van der Waals surface area contributed by atoms with E-state index >= 15 is 0 Å². The fourth-order valence-electron chi connectivity index (χ4n) is 6.14. The first-order valence-electron chi connectivity index (χ1n) is 14.7. The molecular formula is C33H47N3O4Si. The van der Waals surface area contributed by atoms with Gasteiger partial charge in [0, 0.05) is 30.2 Å². The van der Waals surface area contributed by atoms with Gasteiger partial charge in [-0.3, -0.25) is 15.1 Å². The summed E-state index contributed by atoms with van der Waals surface area (Å²) >= 11 is 0. The number of carbonyl (C=O) groups excluding carboxylic acids is 2. The second kappa shape index (κ2) is 13.5. The summed E-state index contributed by atoms with van der Waals surface area (Å²) in [5.41, 5.74) is 5.75. The van der Waals surface area contributed by atoms with Crippen molar-refractivity contribution in [2.75, 3.05) is 11.9 Å². The zero-order valence-electron chi connectivity index (χ0n) is 26.2. The van der Waals surface area contributed by atoms with E-state index in [0.717, 1.165) is 35.2 Å². The molecule has 3 rings (SSSR count). The van der Waals surface area contributed by atoms with E-state index in [1.54, 1.807) is 11.0 Å². The van der Waals surface area contributed by atoms with Gasteiger partial charge in [-0.25, -0.2) is 4.79 Å². The maximum atomic E-state index is 14.2. The van der Waals surface area contributed by atoms with Crippen molar-refractivity contribution in [3.63, 3.8) is 0 Å². The molecule has 1 atom stereocenters. The summed E-state index contributed by atoms with van der Waals surface area (Å²) in [6.45, 7) is 23.1. The number of hydrogen-bond acceptors (Lipinski definition) is 5. The second-order valence-corrected chi connectivity index (χ2v) is 17.3. The number of amides is 2. The number of aryl methyl sites for hydroxylation is 2. The number of carbonyl (C=O) groups is 2. The molecule has 0 radical (unpaired) electrons. The van der Waals surface area contributed by atoms with Crippen LogP contribution in [0.1, 0.15) is 88.5 Å². The maximum Gasteiger partial charge on any atom is 0.411 e. The Morgan fingerprint density at radius 1 is 1.12 bits per heavy atom. The van der Waals surface area contributed by atoms with E-state index in [4.69, 9.17) is 9.16 Å². The van der Waals surface area contributed by atoms with Crippen molar-refractivity contribution in [1.29, 1.82) is 0 Å². The van der Waals surface area contributed by atoms with Gasteiger partial charge in [0.05, 0.1) is 11.3 Å². The van der Waals surface area contributed by atoms with Gasteiger partial charge in [-0.2, -0.15) is 0 Å². The number of ether oxygens (including phenoxy) is 1. The van der Waals surface area contributed by atoms with E-state index in [1.807, 2.05) is 44.4 Å². The minimum absolute atomic E-state index is 0.00140. The number of pyridine rings is 1. The largest absolute Gasteiger partial charge is 0.542 e. The third-order valence-electron chi connectivity index (χ3n) is 8.24. The SMILES string of the molecule is C=CCOC(=O)Nc1cc(O[Si](C(C)C)(C(C)C)C(C)C)c(C)cc1C(=O)N1C=C(c2ccc(C)nc2)C[C@H]1CC. The van der Waals surface area contributed by atoms with Crippen LogP contribution in [-0.4, -0.2) is 42.9 Å². The average molecular weight is 578 g/mol. The number of benzene rings is 1. The molecular weight excluding hydrogens is 530 g/mol. The minimum Gasteiger partial charge on any atom is -0.542 e. The second-order valence-electron chi connectivity index (χ2n) is 11.9. The van der Waals surface area contributed by atoms with Crippen LogP contribution in [0.5, 0.6) is 5.75 Å². The zero-order valence-corrected chi connectivity index (χ0v) is 27.2. The summed E-state index contributed by atoms with van der Waals surface area (Å²) in [5.74, 6) is 0.513. The molecule has 41 heavy (non-hydrogen) atoms. The van der Waals surface area contributed by atoms with Crippen molar-refractivity contribution in [2.24, 2.45) is 0 Å². The third kappa shape index (κ3) is 6.92. The van der Waals surface area contributed by atoms with Gasteiger partial charge < -0.3 is 14.1 Å². The Bertz CT molecular complexity index is 1260. The fourth-order valence-corrected chi connectivity index (χ4v) is 11.4. The summed E-state index contributed by atoms with van der Waals surface area (Å²) in [6.07, 6.45) is 6.17. The summed E-state index contributed by atoms with van der Waals surface area (Å²) in [5, 5.41) is 2.82. The van der Waals surface area contributed by atoms with Gasteiger partial charge in [0.25, 0.3) is 14.2 Å². The molecule has 0 aliphatic carbocycles. The van der Waals surface area contributed by atoms with Gasteiger partial charge in [0.15, 0.2) is 0 Å². The molecule has 2 heterocycles. The molecule has 0 bridgehead atoms. The van der Waals surface area contributed by atoms with Gasteiger partial charge >= 0.3 is 6.09 Å². The Kier molecular flexibility index (Phi) is 10.6. The van der Waals surface area contributed by atoms with Crippen molar-refractivity contribution >= 4 is 31.6 Å². The van der Waals surface area contributed by atoms with Crippen LogP contribution >= 0.6 is 0 Å². The lowest BCUT2D eigenvalue weighted by Gasteiger charge is -2.42. The summed E-state index contributed by atoms with van der Waals surface area (Å²) in [6, 6.07) is 7.67. The van der Waals surface area contributed by atoms with Crippen LogP contribution in [0.3, 0.4) is 0 Å². The molecule has 0 fully saturated rings. The quantitative estimate of drug-likeness (QED) is 0.213. The number of anilines is 1. The van der Waals surface area contributed by atoms with Gasteiger partial charge in [0.2, 0.25) is 0 Å². The molecule has 1 N–H and O–H groups in total. The zero-order chi connectivity index (χ0) is 30.5. The Hall–Kier alpha value is -3.39. The molecule has 0 saturated carbocycles. The molecule has 0 unspecified atom stereocenters. The molecule has 0 spiro atoms. The van der Waals surface area contributed by atoms with Gasteiger partial charge in [-0.15, -0.1) is 0 Å². The van der Waals surface area contributed by atoms with Crippen molar-refractivity contribution in [3.05, 3.63) is 71.7 Å². The Balaban J connectivity index is 2.09. The lowest BCUT2D eigenvalue weighted by atomic mass is 10.0.